The normalized spacial score (nSPS) is 15.0. The summed E-state index contributed by atoms with van der Waals surface area (Å²) in [6.07, 6.45) is 1.02. The fourth-order valence-corrected chi connectivity index (χ4v) is 3.93. The molecule has 0 fully saturated rings. The molecule has 0 saturated carbocycles. The second kappa shape index (κ2) is 4.94. The van der Waals surface area contributed by atoms with E-state index >= 15 is 0 Å². The molecule has 0 amide bonds. The predicted octanol–water partition coefficient (Wildman–Crippen LogP) is 4.62. The van der Waals surface area contributed by atoms with Crippen molar-refractivity contribution in [2.24, 2.45) is 0 Å². The number of anilines is 1. The SMILES string of the molecule is CC(Nc1ccc2c(c1)CCO2)c1sccc1Br. The van der Waals surface area contributed by atoms with Crippen molar-refractivity contribution in [3.8, 4) is 5.75 Å². The first-order valence-electron chi connectivity index (χ1n) is 5.99. The maximum Gasteiger partial charge on any atom is 0.122 e. The van der Waals surface area contributed by atoms with E-state index in [9.17, 15) is 0 Å². The molecule has 18 heavy (non-hydrogen) atoms. The average Bonchev–Trinajstić information content (AvgIpc) is 2.96. The average molecular weight is 324 g/mol. The van der Waals surface area contributed by atoms with Gasteiger partial charge in [-0.3, -0.25) is 0 Å². The van der Waals surface area contributed by atoms with E-state index in [0.29, 0.717) is 6.04 Å². The van der Waals surface area contributed by atoms with E-state index in [0.717, 1.165) is 24.5 Å². The van der Waals surface area contributed by atoms with Crippen LogP contribution in [0, 0.1) is 0 Å². The number of hydrogen-bond acceptors (Lipinski definition) is 3. The zero-order chi connectivity index (χ0) is 12.5. The third-order valence-electron chi connectivity index (χ3n) is 3.11. The van der Waals surface area contributed by atoms with Crippen LogP contribution in [0.2, 0.25) is 0 Å². The van der Waals surface area contributed by atoms with E-state index in [-0.39, 0.29) is 0 Å². The monoisotopic (exact) mass is 323 g/mol. The van der Waals surface area contributed by atoms with Gasteiger partial charge >= 0.3 is 0 Å². The van der Waals surface area contributed by atoms with Crippen LogP contribution in [0.25, 0.3) is 0 Å². The van der Waals surface area contributed by atoms with Crippen LogP contribution in [0.15, 0.2) is 34.1 Å². The van der Waals surface area contributed by atoms with Crippen molar-refractivity contribution in [3.05, 3.63) is 44.6 Å². The Bertz CT molecular complexity index is 567. The fraction of sp³-hybridized carbons (Fsp3) is 0.286. The number of nitrogens with one attached hydrogen (secondary N) is 1. The van der Waals surface area contributed by atoms with Crippen molar-refractivity contribution in [1.82, 2.24) is 0 Å². The lowest BCUT2D eigenvalue weighted by atomic mass is 10.1. The van der Waals surface area contributed by atoms with E-state index < -0.39 is 0 Å². The van der Waals surface area contributed by atoms with Crippen molar-refractivity contribution in [2.45, 2.75) is 19.4 Å². The second-order valence-electron chi connectivity index (χ2n) is 4.42. The summed E-state index contributed by atoms with van der Waals surface area (Å²) in [5, 5.41) is 5.64. The molecule has 1 aromatic heterocycles. The molecule has 0 saturated heterocycles. The molecule has 2 aromatic rings. The molecule has 1 aliphatic heterocycles. The molecule has 0 radical (unpaired) electrons. The van der Waals surface area contributed by atoms with Gasteiger partial charge in [-0.15, -0.1) is 11.3 Å². The molecular formula is C14H14BrNOS. The minimum Gasteiger partial charge on any atom is -0.493 e. The van der Waals surface area contributed by atoms with E-state index in [2.05, 4.69) is 57.8 Å². The Kier molecular flexibility index (Phi) is 3.31. The largest absolute Gasteiger partial charge is 0.493 e. The van der Waals surface area contributed by atoms with E-state index in [1.165, 1.54) is 14.9 Å². The Morgan fingerprint density at radius 1 is 1.39 bits per heavy atom. The highest BCUT2D eigenvalue weighted by Crippen LogP contribution is 2.33. The van der Waals surface area contributed by atoms with E-state index in [1.807, 2.05) is 0 Å². The lowest BCUT2D eigenvalue weighted by Crippen LogP contribution is -2.05. The molecular weight excluding hydrogens is 310 g/mol. The van der Waals surface area contributed by atoms with Crippen LogP contribution in [0.5, 0.6) is 5.75 Å². The fourth-order valence-electron chi connectivity index (χ4n) is 2.21. The summed E-state index contributed by atoms with van der Waals surface area (Å²) in [5.74, 6) is 1.03. The summed E-state index contributed by atoms with van der Waals surface area (Å²) in [7, 11) is 0. The smallest absolute Gasteiger partial charge is 0.122 e. The Labute approximate surface area is 119 Å². The summed E-state index contributed by atoms with van der Waals surface area (Å²) in [5.41, 5.74) is 2.46. The van der Waals surface area contributed by atoms with Gasteiger partial charge in [0.25, 0.3) is 0 Å². The van der Waals surface area contributed by atoms with Gasteiger partial charge in [0.1, 0.15) is 5.75 Å². The molecule has 3 rings (SSSR count). The molecule has 4 heteroatoms. The Morgan fingerprint density at radius 2 is 2.28 bits per heavy atom. The van der Waals surface area contributed by atoms with Gasteiger partial charge in [-0.25, -0.2) is 0 Å². The van der Waals surface area contributed by atoms with Gasteiger partial charge in [0.2, 0.25) is 0 Å². The van der Waals surface area contributed by atoms with Gasteiger partial charge in [0.15, 0.2) is 0 Å². The molecule has 2 heterocycles. The lowest BCUT2D eigenvalue weighted by molar-refractivity contribution is 0.357. The molecule has 0 aliphatic carbocycles. The minimum atomic E-state index is 0.305. The molecule has 0 spiro atoms. The van der Waals surface area contributed by atoms with Gasteiger partial charge in [0, 0.05) is 21.5 Å². The van der Waals surface area contributed by atoms with Crippen LogP contribution >= 0.6 is 27.3 Å². The number of fused-ring (bicyclic) bond motifs is 1. The lowest BCUT2D eigenvalue weighted by Gasteiger charge is -2.15. The Morgan fingerprint density at radius 3 is 3.06 bits per heavy atom. The minimum absolute atomic E-state index is 0.305. The molecule has 1 aliphatic rings. The van der Waals surface area contributed by atoms with Crippen molar-refractivity contribution in [1.29, 1.82) is 0 Å². The molecule has 0 bridgehead atoms. The first-order valence-corrected chi connectivity index (χ1v) is 7.66. The topological polar surface area (TPSA) is 21.3 Å². The molecule has 2 nitrogen and oxygen atoms in total. The molecule has 1 unspecified atom stereocenters. The molecule has 1 N–H and O–H groups in total. The van der Waals surface area contributed by atoms with E-state index in [1.54, 1.807) is 11.3 Å². The van der Waals surface area contributed by atoms with Crippen LogP contribution in [0.4, 0.5) is 5.69 Å². The summed E-state index contributed by atoms with van der Waals surface area (Å²) >= 11 is 5.35. The zero-order valence-electron chi connectivity index (χ0n) is 10.1. The highest BCUT2D eigenvalue weighted by Gasteiger charge is 2.14. The summed E-state index contributed by atoms with van der Waals surface area (Å²) in [6, 6.07) is 8.73. The first-order chi connectivity index (χ1) is 8.74. The van der Waals surface area contributed by atoms with Crippen LogP contribution in [0.1, 0.15) is 23.4 Å². The number of halogens is 1. The van der Waals surface area contributed by atoms with Crippen molar-refractivity contribution < 1.29 is 4.74 Å². The van der Waals surface area contributed by atoms with Crippen molar-refractivity contribution in [2.75, 3.05) is 11.9 Å². The highest BCUT2D eigenvalue weighted by molar-refractivity contribution is 9.10. The first kappa shape index (κ1) is 12.1. The third kappa shape index (κ3) is 2.27. The molecule has 94 valence electrons. The highest BCUT2D eigenvalue weighted by atomic mass is 79.9. The Hall–Kier alpha value is -1.00. The van der Waals surface area contributed by atoms with Crippen LogP contribution < -0.4 is 10.1 Å². The van der Waals surface area contributed by atoms with E-state index in [4.69, 9.17) is 4.74 Å². The van der Waals surface area contributed by atoms with Gasteiger partial charge < -0.3 is 10.1 Å². The van der Waals surface area contributed by atoms with Crippen LogP contribution in [-0.4, -0.2) is 6.61 Å². The van der Waals surface area contributed by atoms with Gasteiger partial charge in [0.05, 0.1) is 12.6 Å². The summed E-state index contributed by atoms with van der Waals surface area (Å²) in [6.45, 7) is 2.99. The second-order valence-corrected chi connectivity index (χ2v) is 6.22. The number of ether oxygens (including phenoxy) is 1. The summed E-state index contributed by atoms with van der Waals surface area (Å²) < 4.78 is 6.69. The predicted molar refractivity (Wildman–Crippen MR) is 79.7 cm³/mol. The quantitative estimate of drug-likeness (QED) is 0.889. The van der Waals surface area contributed by atoms with Gasteiger partial charge in [-0.1, -0.05) is 0 Å². The van der Waals surface area contributed by atoms with Gasteiger partial charge in [-0.05, 0) is 58.1 Å². The maximum absolute atomic E-state index is 5.52. The zero-order valence-corrected chi connectivity index (χ0v) is 12.5. The van der Waals surface area contributed by atoms with Crippen LogP contribution in [0.3, 0.4) is 0 Å². The number of thiophene rings is 1. The van der Waals surface area contributed by atoms with Gasteiger partial charge in [-0.2, -0.15) is 0 Å². The standard InChI is InChI=1S/C14H14BrNOS/c1-9(14-12(15)5-7-18-14)16-11-2-3-13-10(8-11)4-6-17-13/h2-3,5,7-9,16H,4,6H2,1H3. The number of benzene rings is 1. The van der Waals surface area contributed by atoms with Crippen molar-refractivity contribution in [3.63, 3.8) is 0 Å². The Balaban J connectivity index is 1.79. The summed E-state index contributed by atoms with van der Waals surface area (Å²) in [4.78, 5) is 1.33. The molecule has 1 atom stereocenters. The third-order valence-corrected chi connectivity index (χ3v) is 5.16. The number of hydrogen-bond donors (Lipinski definition) is 1. The van der Waals surface area contributed by atoms with Crippen molar-refractivity contribution >= 4 is 33.0 Å². The maximum atomic E-state index is 5.52. The molecule has 1 aromatic carbocycles. The van der Waals surface area contributed by atoms with Crippen LogP contribution in [-0.2, 0) is 6.42 Å². The number of rotatable bonds is 3.